The summed E-state index contributed by atoms with van der Waals surface area (Å²) in [6, 6.07) is 7.14. The van der Waals surface area contributed by atoms with Crippen molar-refractivity contribution in [2.45, 2.75) is 25.7 Å². The Hall–Kier alpha value is -2.32. The van der Waals surface area contributed by atoms with Gasteiger partial charge in [-0.05, 0) is 50.8 Å². The molecule has 1 aromatic heterocycles. The summed E-state index contributed by atoms with van der Waals surface area (Å²) in [5, 5.41) is 3.01. The van der Waals surface area contributed by atoms with E-state index >= 15 is 0 Å². The van der Waals surface area contributed by atoms with E-state index in [4.69, 9.17) is 9.47 Å². The summed E-state index contributed by atoms with van der Waals surface area (Å²) < 4.78 is 10.1. The maximum absolute atomic E-state index is 12.6. The van der Waals surface area contributed by atoms with Gasteiger partial charge in [-0.3, -0.25) is 4.79 Å². The van der Waals surface area contributed by atoms with Crippen molar-refractivity contribution in [1.29, 1.82) is 0 Å². The SMILES string of the molecule is CCOC(=O)c1sc(NC(=O)c2cccc(SC)c2)c(C(=O)OCC)c1C. The maximum atomic E-state index is 12.6. The number of esters is 2. The monoisotopic (exact) mass is 407 g/mol. The van der Waals surface area contributed by atoms with Gasteiger partial charge in [0, 0.05) is 10.5 Å². The van der Waals surface area contributed by atoms with Crippen molar-refractivity contribution in [3.63, 3.8) is 0 Å². The number of hydrogen-bond donors (Lipinski definition) is 1. The van der Waals surface area contributed by atoms with Crippen LogP contribution in [0.1, 0.15) is 49.8 Å². The van der Waals surface area contributed by atoms with E-state index in [9.17, 15) is 14.4 Å². The molecule has 0 aliphatic heterocycles. The summed E-state index contributed by atoms with van der Waals surface area (Å²) in [5.74, 6) is -1.49. The lowest BCUT2D eigenvalue weighted by molar-refractivity contribution is 0.0527. The average Bonchev–Trinajstić information content (AvgIpc) is 2.98. The van der Waals surface area contributed by atoms with Gasteiger partial charge in [-0.2, -0.15) is 0 Å². The van der Waals surface area contributed by atoms with Crippen molar-refractivity contribution in [2.75, 3.05) is 24.8 Å². The minimum atomic E-state index is -0.588. The van der Waals surface area contributed by atoms with Crippen LogP contribution in [0.3, 0.4) is 0 Å². The molecule has 6 nitrogen and oxygen atoms in total. The van der Waals surface area contributed by atoms with Gasteiger partial charge in [-0.15, -0.1) is 23.1 Å². The first-order valence-electron chi connectivity index (χ1n) is 8.35. The molecule has 1 amide bonds. The molecular formula is C19H21NO5S2. The minimum absolute atomic E-state index is 0.180. The molecule has 0 fully saturated rings. The Balaban J connectivity index is 2.41. The van der Waals surface area contributed by atoms with Crippen molar-refractivity contribution in [3.8, 4) is 0 Å². The zero-order chi connectivity index (χ0) is 20.0. The van der Waals surface area contributed by atoms with Crippen molar-refractivity contribution in [3.05, 3.63) is 45.8 Å². The van der Waals surface area contributed by atoms with Crippen LogP contribution in [-0.4, -0.2) is 37.3 Å². The zero-order valence-electron chi connectivity index (χ0n) is 15.6. The van der Waals surface area contributed by atoms with Crippen molar-refractivity contribution >= 4 is 45.9 Å². The van der Waals surface area contributed by atoms with Gasteiger partial charge < -0.3 is 14.8 Å². The first-order valence-corrected chi connectivity index (χ1v) is 10.4. The fourth-order valence-corrected chi connectivity index (χ4v) is 3.92. The molecule has 0 saturated carbocycles. The Morgan fingerprint density at radius 1 is 1.11 bits per heavy atom. The second-order valence-corrected chi connectivity index (χ2v) is 7.29. The number of rotatable bonds is 7. The fraction of sp³-hybridized carbons (Fsp3) is 0.316. The molecule has 27 heavy (non-hydrogen) atoms. The molecule has 1 N–H and O–H groups in total. The number of ether oxygens (including phenoxy) is 2. The number of thiophene rings is 1. The predicted octanol–water partition coefficient (Wildman–Crippen LogP) is 4.38. The Bertz CT molecular complexity index is 860. The van der Waals surface area contributed by atoms with Crippen molar-refractivity contribution < 1.29 is 23.9 Å². The van der Waals surface area contributed by atoms with Crippen LogP contribution >= 0.6 is 23.1 Å². The summed E-state index contributed by atoms with van der Waals surface area (Å²) in [6.07, 6.45) is 1.92. The van der Waals surface area contributed by atoms with Crippen LogP contribution in [0.5, 0.6) is 0 Å². The van der Waals surface area contributed by atoms with Gasteiger partial charge in [-0.1, -0.05) is 6.07 Å². The average molecular weight is 408 g/mol. The minimum Gasteiger partial charge on any atom is -0.462 e. The predicted molar refractivity (Wildman–Crippen MR) is 107 cm³/mol. The molecular weight excluding hydrogens is 386 g/mol. The number of amides is 1. The third kappa shape index (κ3) is 4.90. The smallest absolute Gasteiger partial charge is 0.348 e. The topological polar surface area (TPSA) is 81.7 Å². The maximum Gasteiger partial charge on any atom is 0.348 e. The lowest BCUT2D eigenvalue weighted by atomic mass is 10.1. The summed E-state index contributed by atoms with van der Waals surface area (Å²) in [6.45, 7) is 5.44. The number of benzene rings is 1. The molecule has 2 aromatic rings. The molecule has 2 rings (SSSR count). The van der Waals surface area contributed by atoms with Crippen LogP contribution in [0.25, 0.3) is 0 Å². The highest BCUT2D eigenvalue weighted by Crippen LogP contribution is 2.34. The van der Waals surface area contributed by atoms with Crippen molar-refractivity contribution in [1.82, 2.24) is 0 Å². The van der Waals surface area contributed by atoms with E-state index in [0.717, 1.165) is 16.2 Å². The third-order valence-electron chi connectivity index (χ3n) is 3.65. The molecule has 144 valence electrons. The lowest BCUT2D eigenvalue weighted by Crippen LogP contribution is -2.15. The molecule has 0 bridgehead atoms. The molecule has 0 saturated heterocycles. The molecule has 0 aliphatic rings. The van der Waals surface area contributed by atoms with Crippen LogP contribution in [-0.2, 0) is 9.47 Å². The molecule has 8 heteroatoms. The first-order chi connectivity index (χ1) is 12.9. The van der Waals surface area contributed by atoms with E-state index in [-0.39, 0.29) is 34.6 Å². The van der Waals surface area contributed by atoms with E-state index in [1.807, 2.05) is 12.3 Å². The second kappa shape index (κ2) is 9.57. The number of anilines is 1. The molecule has 1 heterocycles. The summed E-state index contributed by atoms with van der Waals surface area (Å²) in [7, 11) is 0. The molecule has 0 spiro atoms. The van der Waals surface area contributed by atoms with Gasteiger partial charge in [0.25, 0.3) is 5.91 Å². The van der Waals surface area contributed by atoms with Crippen molar-refractivity contribution in [2.24, 2.45) is 0 Å². The largest absolute Gasteiger partial charge is 0.462 e. The zero-order valence-corrected chi connectivity index (χ0v) is 17.2. The molecule has 0 atom stereocenters. The van der Waals surface area contributed by atoms with E-state index in [0.29, 0.717) is 11.1 Å². The van der Waals surface area contributed by atoms with E-state index in [2.05, 4.69) is 5.32 Å². The molecule has 1 aromatic carbocycles. The molecule has 0 unspecified atom stereocenters. The normalized spacial score (nSPS) is 10.4. The highest BCUT2D eigenvalue weighted by molar-refractivity contribution is 7.98. The van der Waals surface area contributed by atoms with E-state index in [1.165, 1.54) is 11.8 Å². The number of carbonyl (C=O) groups excluding carboxylic acids is 3. The van der Waals surface area contributed by atoms with Gasteiger partial charge in [0.15, 0.2) is 0 Å². The molecule has 0 radical (unpaired) electrons. The Kier molecular flexibility index (Phi) is 7.44. The van der Waals surface area contributed by atoms with E-state index in [1.54, 1.807) is 39.0 Å². The van der Waals surface area contributed by atoms with Gasteiger partial charge in [-0.25, -0.2) is 9.59 Å². The van der Waals surface area contributed by atoms with Gasteiger partial charge >= 0.3 is 11.9 Å². The number of hydrogen-bond acceptors (Lipinski definition) is 7. The lowest BCUT2D eigenvalue weighted by Gasteiger charge is -2.08. The summed E-state index contributed by atoms with van der Waals surface area (Å²) in [4.78, 5) is 38.4. The second-order valence-electron chi connectivity index (χ2n) is 5.39. The summed E-state index contributed by atoms with van der Waals surface area (Å²) >= 11 is 2.53. The first kappa shape index (κ1) is 21.0. The fourth-order valence-electron chi connectivity index (χ4n) is 2.38. The van der Waals surface area contributed by atoms with Gasteiger partial charge in [0.05, 0.1) is 18.8 Å². The van der Waals surface area contributed by atoms with Gasteiger partial charge in [0.2, 0.25) is 0 Å². The Morgan fingerprint density at radius 3 is 2.41 bits per heavy atom. The number of carbonyl (C=O) groups is 3. The van der Waals surface area contributed by atoms with Crippen LogP contribution in [0.4, 0.5) is 5.00 Å². The third-order valence-corrected chi connectivity index (χ3v) is 5.56. The Labute approximate surface area is 166 Å². The van der Waals surface area contributed by atoms with Crippen LogP contribution < -0.4 is 5.32 Å². The number of thioether (sulfide) groups is 1. The molecule has 0 aliphatic carbocycles. The van der Waals surface area contributed by atoms with Gasteiger partial charge in [0.1, 0.15) is 9.88 Å². The van der Waals surface area contributed by atoms with Crippen LogP contribution in [0.2, 0.25) is 0 Å². The van der Waals surface area contributed by atoms with Crippen LogP contribution in [0, 0.1) is 6.92 Å². The standard InChI is InChI=1S/C19H21NO5S2/c1-5-24-18(22)14-11(3)15(19(23)25-6-2)27-17(14)20-16(21)12-8-7-9-13(10-12)26-4/h7-10H,5-6H2,1-4H3,(H,20,21). The summed E-state index contributed by atoms with van der Waals surface area (Å²) in [5.41, 5.74) is 1.07. The van der Waals surface area contributed by atoms with Crippen LogP contribution in [0.15, 0.2) is 29.2 Å². The number of nitrogens with one attached hydrogen (secondary N) is 1. The van der Waals surface area contributed by atoms with E-state index < -0.39 is 11.9 Å². The quantitative estimate of drug-likeness (QED) is 0.542. The highest BCUT2D eigenvalue weighted by atomic mass is 32.2. The Morgan fingerprint density at radius 2 is 1.78 bits per heavy atom. The highest BCUT2D eigenvalue weighted by Gasteiger charge is 2.27.